The monoisotopic (exact) mass is 395 g/mol. The summed E-state index contributed by atoms with van der Waals surface area (Å²) in [6, 6.07) is 17.1. The number of aromatic nitrogens is 2. The zero-order valence-corrected chi connectivity index (χ0v) is 16.9. The maximum atomic E-state index is 13.1. The number of fused-ring (bicyclic) bond motifs is 1. The van der Waals surface area contributed by atoms with Gasteiger partial charge in [-0.15, -0.1) is 0 Å². The lowest BCUT2D eigenvalue weighted by atomic mass is 10.2. The summed E-state index contributed by atoms with van der Waals surface area (Å²) in [7, 11) is 0. The molecule has 28 heavy (non-hydrogen) atoms. The number of unbranched alkanes of at least 4 members (excludes halogenated alkanes) is 2. The highest BCUT2D eigenvalue weighted by molar-refractivity contribution is 7.99. The number of benzene rings is 2. The van der Waals surface area contributed by atoms with Crippen molar-refractivity contribution in [2.24, 2.45) is 0 Å². The van der Waals surface area contributed by atoms with Crippen molar-refractivity contribution in [3.8, 4) is 0 Å². The van der Waals surface area contributed by atoms with E-state index in [-0.39, 0.29) is 17.2 Å². The second-order valence-electron chi connectivity index (χ2n) is 6.63. The summed E-state index contributed by atoms with van der Waals surface area (Å²) in [5, 5.41) is 4.09. The molecule has 0 aliphatic carbocycles. The van der Waals surface area contributed by atoms with E-state index >= 15 is 0 Å². The summed E-state index contributed by atoms with van der Waals surface area (Å²) < 4.78 is 1.66. The molecule has 0 atom stereocenters. The zero-order chi connectivity index (χ0) is 19.8. The van der Waals surface area contributed by atoms with Gasteiger partial charge in [0, 0.05) is 6.54 Å². The third kappa shape index (κ3) is 5.23. The Balaban J connectivity index is 1.82. The van der Waals surface area contributed by atoms with Crippen LogP contribution < -0.4 is 10.9 Å². The van der Waals surface area contributed by atoms with Crippen molar-refractivity contribution in [2.45, 2.75) is 37.9 Å². The van der Waals surface area contributed by atoms with Crippen LogP contribution in [0.4, 0.5) is 0 Å². The average molecular weight is 396 g/mol. The average Bonchev–Trinajstić information content (AvgIpc) is 2.73. The first kappa shape index (κ1) is 20.1. The molecule has 1 N–H and O–H groups in total. The highest BCUT2D eigenvalue weighted by atomic mass is 32.2. The van der Waals surface area contributed by atoms with E-state index in [1.54, 1.807) is 10.6 Å². The van der Waals surface area contributed by atoms with Crippen molar-refractivity contribution >= 4 is 28.6 Å². The minimum absolute atomic E-state index is 0.0326. The van der Waals surface area contributed by atoms with Gasteiger partial charge >= 0.3 is 0 Å². The van der Waals surface area contributed by atoms with Gasteiger partial charge in [0.15, 0.2) is 5.16 Å². The molecule has 1 aromatic heterocycles. The van der Waals surface area contributed by atoms with Gasteiger partial charge < -0.3 is 5.32 Å². The first-order chi connectivity index (χ1) is 13.7. The van der Waals surface area contributed by atoms with Crippen molar-refractivity contribution < 1.29 is 4.79 Å². The molecule has 2 aromatic carbocycles. The Hall–Kier alpha value is -2.60. The van der Waals surface area contributed by atoms with Gasteiger partial charge in [-0.25, -0.2) is 4.98 Å². The molecule has 3 rings (SSSR count). The van der Waals surface area contributed by atoms with Gasteiger partial charge in [-0.05, 0) is 24.1 Å². The van der Waals surface area contributed by atoms with E-state index in [0.29, 0.717) is 29.1 Å². The van der Waals surface area contributed by atoms with Crippen LogP contribution in [0.15, 0.2) is 64.5 Å². The van der Waals surface area contributed by atoms with Crippen LogP contribution in [-0.4, -0.2) is 27.8 Å². The number of para-hydroxylation sites is 1. The Morgan fingerprint density at radius 2 is 1.82 bits per heavy atom. The molecule has 3 aromatic rings. The van der Waals surface area contributed by atoms with E-state index in [1.807, 2.05) is 48.5 Å². The Bertz CT molecular complexity index is 986. The van der Waals surface area contributed by atoms with Gasteiger partial charge in [-0.1, -0.05) is 74.0 Å². The first-order valence-corrected chi connectivity index (χ1v) is 10.6. The van der Waals surface area contributed by atoms with Crippen molar-refractivity contribution in [1.82, 2.24) is 14.9 Å². The number of carbonyl (C=O) groups excluding carboxylic acids is 1. The number of amides is 1. The second kappa shape index (κ2) is 10.1. The number of hydrogen-bond donors (Lipinski definition) is 1. The molecule has 0 aliphatic rings. The standard InChI is InChI=1S/C22H25N3O2S/c1-2-3-9-14-23-20(26)16-28-22-24-19-13-8-7-12-18(19)21(27)25(22)15-17-10-5-4-6-11-17/h4-8,10-13H,2-3,9,14-16H2,1H3,(H,23,26). The summed E-state index contributed by atoms with van der Waals surface area (Å²) in [6.07, 6.45) is 3.22. The second-order valence-corrected chi connectivity index (χ2v) is 7.58. The number of nitrogens with zero attached hydrogens (tertiary/aromatic N) is 2. The Morgan fingerprint density at radius 3 is 2.61 bits per heavy atom. The lowest BCUT2D eigenvalue weighted by molar-refractivity contribution is -0.118. The molecular formula is C22H25N3O2S. The number of nitrogens with one attached hydrogen (secondary N) is 1. The van der Waals surface area contributed by atoms with E-state index < -0.39 is 0 Å². The molecule has 0 saturated carbocycles. The first-order valence-electron chi connectivity index (χ1n) is 9.62. The number of rotatable bonds is 9. The minimum atomic E-state index is -0.0830. The molecule has 0 bridgehead atoms. The maximum Gasteiger partial charge on any atom is 0.262 e. The van der Waals surface area contributed by atoms with Crippen LogP contribution in [0.3, 0.4) is 0 Å². The third-order valence-electron chi connectivity index (χ3n) is 4.44. The number of hydrogen-bond acceptors (Lipinski definition) is 4. The van der Waals surface area contributed by atoms with Crippen LogP contribution in [0.5, 0.6) is 0 Å². The lowest BCUT2D eigenvalue weighted by Gasteiger charge is -2.13. The van der Waals surface area contributed by atoms with Crippen molar-refractivity contribution in [1.29, 1.82) is 0 Å². The summed E-state index contributed by atoms with van der Waals surface area (Å²) >= 11 is 1.31. The summed E-state index contributed by atoms with van der Waals surface area (Å²) in [5.41, 5.74) is 1.59. The minimum Gasteiger partial charge on any atom is -0.355 e. The smallest absolute Gasteiger partial charge is 0.262 e. The molecule has 0 unspecified atom stereocenters. The van der Waals surface area contributed by atoms with Crippen LogP contribution in [0.1, 0.15) is 31.7 Å². The van der Waals surface area contributed by atoms with E-state index in [4.69, 9.17) is 0 Å². The molecular weight excluding hydrogens is 370 g/mol. The highest BCUT2D eigenvalue weighted by Crippen LogP contribution is 2.19. The Labute approximate surface area is 169 Å². The predicted octanol–water partition coefficient (Wildman–Crippen LogP) is 3.84. The van der Waals surface area contributed by atoms with Crippen LogP contribution >= 0.6 is 11.8 Å². The van der Waals surface area contributed by atoms with Crippen molar-refractivity contribution in [3.05, 3.63) is 70.5 Å². The van der Waals surface area contributed by atoms with Crippen LogP contribution in [-0.2, 0) is 11.3 Å². The fraction of sp³-hybridized carbons (Fsp3) is 0.318. The molecule has 1 heterocycles. The molecule has 5 nitrogen and oxygen atoms in total. The molecule has 0 saturated heterocycles. The molecule has 0 radical (unpaired) electrons. The van der Waals surface area contributed by atoms with Crippen LogP contribution in [0, 0.1) is 0 Å². The quantitative estimate of drug-likeness (QED) is 0.340. The van der Waals surface area contributed by atoms with Crippen molar-refractivity contribution in [2.75, 3.05) is 12.3 Å². The molecule has 6 heteroatoms. The highest BCUT2D eigenvalue weighted by Gasteiger charge is 2.13. The van der Waals surface area contributed by atoms with E-state index in [0.717, 1.165) is 24.8 Å². The maximum absolute atomic E-state index is 13.1. The van der Waals surface area contributed by atoms with Gasteiger partial charge in [-0.2, -0.15) is 0 Å². The van der Waals surface area contributed by atoms with E-state index in [1.165, 1.54) is 11.8 Å². The fourth-order valence-corrected chi connectivity index (χ4v) is 3.78. The summed E-state index contributed by atoms with van der Waals surface area (Å²) in [6.45, 7) is 3.25. The normalized spacial score (nSPS) is 10.9. The summed E-state index contributed by atoms with van der Waals surface area (Å²) in [4.78, 5) is 29.9. The van der Waals surface area contributed by atoms with Gasteiger partial charge in [0.25, 0.3) is 5.56 Å². The van der Waals surface area contributed by atoms with Crippen LogP contribution in [0.25, 0.3) is 10.9 Å². The van der Waals surface area contributed by atoms with E-state index in [9.17, 15) is 9.59 Å². The third-order valence-corrected chi connectivity index (χ3v) is 5.42. The Morgan fingerprint density at radius 1 is 1.07 bits per heavy atom. The molecule has 146 valence electrons. The van der Waals surface area contributed by atoms with Gasteiger partial charge in [0.05, 0.1) is 23.2 Å². The predicted molar refractivity (Wildman–Crippen MR) is 115 cm³/mol. The number of thioether (sulfide) groups is 1. The fourth-order valence-electron chi connectivity index (χ4n) is 2.95. The zero-order valence-electron chi connectivity index (χ0n) is 16.1. The Kier molecular flexibility index (Phi) is 7.25. The van der Waals surface area contributed by atoms with Crippen LogP contribution in [0.2, 0.25) is 0 Å². The lowest BCUT2D eigenvalue weighted by Crippen LogP contribution is -2.28. The summed E-state index contributed by atoms with van der Waals surface area (Å²) in [5.74, 6) is 0.209. The van der Waals surface area contributed by atoms with Gasteiger partial charge in [-0.3, -0.25) is 14.2 Å². The largest absolute Gasteiger partial charge is 0.355 e. The van der Waals surface area contributed by atoms with E-state index in [2.05, 4.69) is 17.2 Å². The van der Waals surface area contributed by atoms with Gasteiger partial charge in [0.1, 0.15) is 0 Å². The van der Waals surface area contributed by atoms with Crippen molar-refractivity contribution in [3.63, 3.8) is 0 Å². The topological polar surface area (TPSA) is 64.0 Å². The molecule has 0 spiro atoms. The molecule has 0 fully saturated rings. The molecule has 0 aliphatic heterocycles. The number of carbonyl (C=O) groups is 1. The SMILES string of the molecule is CCCCCNC(=O)CSc1nc2ccccc2c(=O)n1Cc1ccccc1. The molecule has 1 amide bonds. The van der Waals surface area contributed by atoms with Gasteiger partial charge in [0.2, 0.25) is 5.91 Å².